The molecule has 0 aromatic carbocycles. The van der Waals surface area contributed by atoms with Gasteiger partial charge in [0.25, 0.3) is 0 Å². The van der Waals surface area contributed by atoms with E-state index in [1.54, 1.807) is 7.05 Å². The summed E-state index contributed by atoms with van der Waals surface area (Å²) in [6.07, 6.45) is 4.54. The van der Waals surface area contributed by atoms with E-state index in [2.05, 4.69) is 20.2 Å². The highest BCUT2D eigenvalue weighted by atomic mass is 16.2. The molecule has 0 radical (unpaired) electrons. The van der Waals surface area contributed by atoms with Crippen LogP contribution in [0.15, 0.2) is 12.3 Å². The fourth-order valence-electron chi connectivity index (χ4n) is 4.00. The van der Waals surface area contributed by atoms with Gasteiger partial charge >= 0.3 is 0 Å². The first-order valence-corrected chi connectivity index (χ1v) is 9.25. The van der Waals surface area contributed by atoms with Crippen LogP contribution in [0.1, 0.15) is 31.0 Å². The van der Waals surface area contributed by atoms with E-state index in [1.165, 1.54) is 0 Å². The number of carbonyl (C=O) groups excluding carboxylic acids is 2. The van der Waals surface area contributed by atoms with Crippen molar-refractivity contribution in [2.75, 3.05) is 31.6 Å². The number of likely N-dealkylation sites (tertiary alicyclic amines) is 1. The second-order valence-corrected chi connectivity index (χ2v) is 7.54. The monoisotopic (exact) mass is 354 g/mol. The predicted molar refractivity (Wildman–Crippen MR) is 95.8 cm³/mol. The molecule has 0 spiro atoms. The van der Waals surface area contributed by atoms with Crippen molar-refractivity contribution >= 4 is 28.7 Å². The molecule has 26 heavy (non-hydrogen) atoms. The summed E-state index contributed by atoms with van der Waals surface area (Å²) in [6.45, 7) is 2.04. The third-order valence-corrected chi connectivity index (χ3v) is 5.73. The first-order valence-electron chi connectivity index (χ1n) is 9.25. The molecule has 4 heterocycles. The summed E-state index contributed by atoms with van der Waals surface area (Å²) in [5, 5.41) is 3.68. The maximum atomic E-state index is 12.3. The van der Waals surface area contributed by atoms with E-state index in [-0.39, 0.29) is 23.8 Å². The number of nitrogens with one attached hydrogen (secondary N) is 2. The van der Waals surface area contributed by atoms with Gasteiger partial charge in [-0.25, -0.2) is 9.97 Å². The molecule has 2 saturated heterocycles. The van der Waals surface area contributed by atoms with Crippen LogP contribution in [-0.4, -0.2) is 64.4 Å². The van der Waals surface area contributed by atoms with Crippen LogP contribution in [0.2, 0.25) is 0 Å². The molecule has 2 aromatic rings. The molecule has 3 fully saturated rings. The van der Waals surface area contributed by atoms with Gasteiger partial charge in [0.05, 0.1) is 17.3 Å². The van der Waals surface area contributed by atoms with Crippen molar-refractivity contribution in [3.8, 4) is 0 Å². The molecule has 5 rings (SSSR count). The van der Waals surface area contributed by atoms with Crippen LogP contribution in [0.3, 0.4) is 0 Å². The van der Waals surface area contributed by atoms with Crippen LogP contribution in [0, 0.1) is 5.92 Å². The molecule has 2 amide bonds. The zero-order chi connectivity index (χ0) is 17.8. The normalized spacial score (nSPS) is 23.6. The lowest BCUT2D eigenvalue weighted by atomic mass is 10.1. The Hall–Kier alpha value is -2.64. The van der Waals surface area contributed by atoms with E-state index in [0.29, 0.717) is 18.9 Å². The van der Waals surface area contributed by atoms with Crippen molar-refractivity contribution in [3.63, 3.8) is 0 Å². The van der Waals surface area contributed by atoms with Crippen LogP contribution < -0.4 is 10.2 Å². The van der Waals surface area contributed by atoms with Gasteiger partial charge < -0.3 is 20.1 Å². The van der Waals surface area contributed by atoms with Crippen molar-refractivity contribution in [3.05, 3.63) is 18.1 Å². The van der Waals surface area contributed by atoms with Gasteiger partial charge in [-0.3, -0.25) is 9.59 Å². The van der Waals surface area contributed by atoms with Crippen molar-refractivity contribution in [2.45, 2.75) is 31.2 Å². The van der Waals surface area contributed by atoms with Gasteiger partial charge in [0, 0.05) is 45.2 Å². The number of H-pyrrole nitrogens is 1. The van der Waals surface area contributed by atoms with Crippen LogP contribution in [0.4, 0.5) is 5.82 Å². The first-order chi connectivity index (χ1) is 12.6. The van der Waals surface area contributed by atoms with Crippen LogP contribution in [-0.2, 0) is 9.59 Å². The zero-order valence-corrected chi connectivity index (χ0v) is 14.7. The Morgan fingerprint density at radius 1 is 1.27 bits per heavy atom. The summed E-state index contributed by atoms with van der Waals surface area (Å²) in [6, 6.07) is 2.17. The number of aromatic nitrogens is 3. The molecule has 1 atom stereocenters. The fourth-order valence-corrected chi connectivity index (χ4v) is 4.00. The molecule has 1 aliphatic carbocycles. The quantitative estimate of drug-likeness (QED) is 0.839. The predicted octanol–water partition coefficient (Wildman–Crippen LogP) is 0.618. The molecule has 1 unspecified atom stereocenters. The number of carbonyl (C=O) groups is 2. The van der Waals surface area contributed by atoms with Crippen molar-refractivity contribution < 1.29 is 9.59 Å². The number of hydrogen-bond donors (Lipinski definition) is 2. The highest BCUT2D eigenvalue weighted by Crippen LogP contribution is 2.40. The third kappa shape index (κ3) is 2.43. The SMILES string of the molecule is CNC(=O)C1CC(=O)N(C2CN(c3nc(C4CC4)nc4[nH]ccc34)C2)C1. The van der Waals surface area contributed by atoms with Crippen LogP contribution in [0.25, 0.3) is 11.0 Å². The minimum absolute atomic E-state index is 0.0454. The second kappa shape index (κ2) is 5.69. The molecule has 8 nitrogen and oxygen atoms in total. The number of nitrogens with zero attached hydrogens (tertiary/aromatic N) is 4. The Balaban J connectivity index is 1.33. The van der Waals surface area contributed by atoms with Gasteiger partial charge in [0.1, 0.15) is 17.3 Å². The van der Waals surface area contributed by atoms with Crippen molar-refractivity contribution in [1.29, 1.82) is 0 Å². The number of hydrogen-bond acceptors (Lipinski definition) is 5. The topological polar surface area (TPSA) is 94.2 Å². The van der Waals surface area contributed by atoms with E-state index in [1.807, 2.05) is 17.2 Å². The maximum Gasteiger partial charge on any atom is 0.225 e. The molecule has 2 N–H and O–H groups in total. The molecule has 2 aromatic heterocycles. The van der Waals surface area contributed by atoms with E-state index in [9.17, 15) is 9.59 Å². The number of anilines is 1. The molecule has 0 bridgehead atoms. The average molecular weight is 354 g/mol. The Kier molecular flexibility index (Phi) is 3.41. The van der Waals surface area contributed by atoms with Crippen molar-refractivity contribution in [1.82, 2.24) is 25.2 Å². The van der Waals surface area contributed by atoms with Gasteiger partial charge in [-0.1, -0.05) is 0 Å². The van der Waals surface area contributed by atoms with Crippen LogP contribution >= 0.6 is 0 Å². The largest absolute Gasteiger partial charge is 0.359 e. The Labute approximate surface area is 151 Å². The summed E-state index contributed by atoms with van der Waals surface area (Å²) in [7, 11) is 1.62. The van der Waals surface area contributed by atoms with E-state index < -0.39 is 0 Å². The second-order valence-electron chi connectivity index (χ2n) is 7.54. The molecule has 1 saturated carbocycles. The van der Waals surface area contributed by atoms with Gasteiger partial charge in [0.2, 0.25) is 11.8 Å². The first kappa shape index (κ1) is 15.6. The molecule has 8 heteroatoms. The number of fused-ring (bicyclic) bond motifs is 1. The lowest BCUT2D eigenvalue weighted by molar-refractivity contribution is -0.130. The van der Waals surface area contributed by atoms with Crippen molar-refractivity contribution in [2.24, 2.45) is 5.92 Å². The number of rotatable bonds is 4. The van der Waals surface area contributed by atoms with E-state index >= 15 is 0 Å². The zero-order valence-electron chi connectivity index (χ0n) is 14.7. The molecular formula is C18H22N6O2. The standard InChI is InChI=1S/C18H22N6O2/c1-19-18(26)11-6-14(25)24(7-11)12-8-23(9-12)17-13-4-5-20-16(13)21-15(22-17)10-2-3-10/h4-5,10-12H,2-3,6-9H2,1H3,(H,19,26)(H,20,21,22). The number of amides is 2. The number of aromatic amines is 1. The van der Waals surface area contributed by atoms with Crippen LogP contribution in [0.5, 0.6) is 0 Å². The smallest absolute Gasteiger partial charge is 0.225 e. The lowest BCUT2D eigenvalue weighted by Gasteiger charge is -2.45. The van der Waals surface area contributed by atoms with Gasteiger partial charge in [0.15, 0.2) is 0 Å². The minimum Gasteiger partial charge on any atom is -0.359 e. The van der Waals surface area contributed by atoms with Gasteiger partial charge in [-0.2, -0.15) is 0 Å². The Morgan fingerprint density at radius 2 is 2.08 bits per heavy atom. The average Bonchev–Trinajstić information content (AvgIpc) is 3.23. The fraction of sp³-hybridized carbons (Fsp3) is 0.556. The summed E-state index contributed by atoms with van der Waals surface area (Å²) >= 11 is 0. The van der Waals surface area contributed by atoms with Gasteiger partial charge in [-0.05, 0) is 18.9 Å². The summed E-state index contributed by atoms with van der Waals surface area (Å²) in [4.78, 5) is 40.9. The van der Waals surface area contributed by atoms with E-state index in [0.717, 1.165) is 48.6 Å². The highest BCUT2D eigenvalue weighted by molar-refractivity contribution is 5.90. The molecule has 3 aliphatic rings. The lowest BCUT2D eigenvalue weighted by Crippen LogP contribution is -2.60. The molecule has 136 valence electrons. The Bertz CT molecular complexity index is 883. The summed E-state index contributed by atoms with van der Waals surface area (Å²) in [5.41, 5.74) is 0.886. The molecule has 2 aliphatic heterocycles. The van der Waals surface area contributed by atoms with Gasteiger partial charge in [-0.15, -0.1) is 0 Å². The molecular weight excluding hydrogens is 332 g/mol. The Morgan fingerprint density at radius 3 is 2.81 bits per heavy atom. The highest BCUT2D eigenvalue weighted by Gasteiger charge is 2.43. The summed E-state index contributed by atoms with van der Waals surface area (Å²) in [5.74, 6) is 2.19. The summed E-state index contributed by atoms with van der Waals surface area (Å²) < 4.78 is 0. The minimum atomic E-state index is -0.224. The third-order valence-electron chi connectivity index (χ3n) is 5.73. The maximum absolute atomic E-state index is 12.3. The van der Waals surface area contributed by atoms with E-state index in [4.69, 9.17) is 4.98 Å².